The average molecular weight is 202 g/mol. The van der Waals surface area contributed by atoms with Gasteiger partial charge in [-0.2, -0.15) is 0 Å². The summed E-state index contributed by atoms with van der Waals surface area (Å²) in [4.78, 5) is 8.66. The van der Waals surface area contributed by atoms with E-state index in [4.69, 9.17) is 5.73 Å². The van der Waals surface area contributed by atoms with Gasteiger partial charge in [0.15, 0.2) is 0 Å². The number of hydrogen-bond donors (Lipinski definition) is 1. The van der Waals surface area contributed by atoms with E-state index in [1.54, 1.807) is 0 Å². The summed E-state index contributed by atoms with van der Waals surface area (Å²) in [5, 5.41) is 0. The minimum atomic E-state index is 0. The third-order valence-electron chi connectivity index (χ3n) is 2.05. The van der Waals surface area contributed by atoms with Gasteiger partial charge in [-0.3, -0.25) is 0 Å². The standard InChI is InChI=1S/C9H15N3.ClH/c1-6-7(2)11-9(4-5-10)12-8(6)3;/h4-5,10H2,1-3H3;1H. The Hall–Kier alpha value is -0.670. The molecule has 0 aliphatic rings. The molecule has 0 bridgehead atoms. The van der Waals surface area contributed by atoms with Gasteiger partial charge in [-0.1, -0.05) is 0 Å². The van der Waals surface area contributed by atoms with Gasteiger partial charge in [0.1, 0.15) is 5.82 Å². The largest absolute Gasteiger partial charge is 0.330 e. The zero-order valence-corrected chi connectivity index (χ0v) is 9.11. The van der Waals surface area contributed by atoms with Gasteiger partial charge in [0.05, 0.1) is 0 Å². The Morgan fingerprint density at radius 1 is 1.08 bits per heavy atom. The minimum Gasteiger partial charge on any atom is -0.330 e. The van der Waals surface area contributed by atoms with Gasteiger partial charge in [0, 0.05) is 17.8 Å². The molecule has 0 unspecified atom stereocenters. The first-order chi connectivity index (χ1) is 5.65. The van der Waals surface area contributed by atoms with Gasteiger partial charge in [0.25, 0.3) is 0 Å². The Balaban J connectivity index is 0.00000144. The van der Waals surface area contributed by atoms with E-state index in [-0.39, 0.29) is 12.4 Å². The number of rotatable bonds is 2. The van der Waals surface area contributed by atoms with Crippen LogP contribution in [0.1, 0.15) is 22.8 Å². The van der Waals surface area contributed by atoms with Crippen LogP contribution in [0, 0.1) is 20.8 Å². The van der Waals surface area contributed by atoms with Gasteiger partial charge in [0.2, 0.25) is 0 Å². The summed E-state index contributed by atoms with van der Waals surface area (Å²) in [7, 11) is 0. The first-order valence-electron chi connectivity index (χ1n) is 4.16. The molecule has 13 heavy (non-hydrogen) atoms. The molecule has 2 N–H and O–H groups in total. The van der Waals surface area contributed by atoms with E-state index in [2.05, 4.69) is 9.97 Å². The molecule has 0 aliphatic carbocycles. The lowest BCUT2D eigenvalue weighted by Gasteiger charge is -2.05. The molecule has 0 aliphatic heterocycles. The number of hydrogen-bond acceptors (Lipinski definition) is 3. The number of nitrogens with two attached hydrogens (primary N) is 1. The molecule has 3 nitrogen and oxygen atoms in total. The molecule has 0 fully saturated rings. The summed E-state index contributed by atoms with van der Waals surface area (Å²) < 4.78 is 0. The predicted molar refractivity (Wildman–Crippen MR) is 56.2 cm³/mol. The molecule has 4 heteroatoms. The van der Waals surface area contributed by atoms with E-state index in [1.165, 1.54) is 5.56 Å². The van der Waals surface area contributed by atoms with Crippen LogP contribution in [-0.2, 0) is 6.42 Å². The van der Waals surface area contributed by atoms with Crippen molar-refractivity contribution in [3.05, 3.63) is 22.8 Å². The van der Waals surface area contributed by atoms with E-state index in [1.807, 2.05) is 20.8 Å². The van der Waals surface area contributed by atoms with Crippen molar-refractivity contribution in [3.8, 4) is 0 Å². The average Bonchev–Trinajstić information content (AvgIpc) is 2.01. The highest BCUT2D eigenvalue weighted by molar-refractivity contribution is 5.85. The first-order valence-corrected chi connectivity index (χ1v) is 4.16. The van der Waals surface area contributed by atoms with Crippen molar-refractivity contribution in [2.45, 2.75) is 27.2 Å². The Labute approximate surface area is 85.2 Å². The van der Waals surface area contributed by atoms with Crippen molar-refractivity contribution in [1.29, 1.82) is 0 Å². The molecule has 1 heterocycles. The van der Waals surface area contributed by atoms with E-state index in [0.29, 0.717) is 6.54 Å². The molecular weight excluding hydrogens is 186 g/mol. The van der Waals surface area contributed by atoms with E-state index < -0.39 is 0 Å². The molecule has 1 aromatic heterocycles. The lowest BCUT2D eigenvalue weighted by Crippen LogP contribution is -2.09. The number of halogens is 1. The van der Waals surface area contributed by atoms with Crippen LogP contribution in [0.3, 0.4) is 0 Å². The first kappa shape index (κ1) is 12.3. The maximum Gasteiger partial charge on any atom is 0.130 e. The second-order valence-corrected chi connectivity index (χ2v) is 2.97. The Bertz CT molecular complexity index is 263. The van der Waals surface area contributed by atoms with E-state index in [9.17, 15) is 0 Å². The molecule has 0 radical (unpaired) electrons. The fourth-order valence-electron chi connectivity index (χ4n) is 1.08. The maximum atomic E-state index is 5.42. The van der Waals surface area contributed by atoms with Crippen LogP contribution in [0.25, 0.3) is 0 Å². The van der Waals surface area contributed by atoms with Crippen molar-refractivity contribution in [2.24, 2.45) is 5.73 Å². The molecule has 0 aromatic carbocycles. The number of aromatic nitrogens is 2. The lowest BCUT2D eigenvalue weighted by molar-refractivity contribution is 0.834. The van der Waals surface area contributed by atoms with Crippen molar-refractivity contribution in [3.63, 3.8) is 0 Å². The van der Waals surface area contributed by atoms with Crippen molar-refractivity contribution >= 4 is 12.4 Å². The molecule has 0 amide bonds. The van der Waals surface area contributed by atoms with Crippen LogP contribution in [0.15, 0.2) is 0 Å². The minimum absolute atomic E-state index is 0. The van der Waals surface area contributed by atoms with Gasteiger partial charge < -0.3 is 5.73 Å². The number of nitrogens with zero attached hydrogens (tertiary/aromatic N) is 2. The van der Waals surface area contributed by atoms with Crippen LogP contribution in [0.4, 0.5) is 0 Å². The van der Waals surface area contributed by atoms with E-state index >= 15 is 0 Å². The third kappa shape index (κ3) is 2.94. The Morgan fingerprint density at radius 3 is 1.92 bits per heavy atom. The van der Waals surface area contributed by atoms with Crippen LogP contribution >= 0.6 is 12.4 Å². The SMILES string of the molecule is Cc1nc(CCN)nc(C)c1C.Cl. The second kappa shape index (κ2) is 5.14. The van der Waals surface area contributed by atoms with Gasteiger partial charge in [-0.05, 0) is 32.9 Å². The highest BCUT2D eigenvalue weighted by atomic mass is 35.5. The maximum absolute atomic E-state index is 5.42. The van der Waals surface area contributed by atoms with Gasteiger partial charge in [-0.25, -0.2) is 9.97 Å². The normalized spacial score (nSPS) is 9.54. The van der Waals surface area contributed by atoms with Crippen LogP contribution < -0.4 is 5.73 Å². The zero-order valence-electron chi connectivity index (χ0n) is 8.29. The Morgan fingerprint density at radius 2 is 1.54 bits per heavy atom. The summed E-state index contributed by atoms with van der Waals surface area (Å²) in [5.74, 6) is 0.859. The quantitative estimate of drug-likeness (QED) is 0.786. The van der Waals surface area contributed by atoms with Gasteiger partial charge in [-0.15, -0.1) is 12.4 Å². The summed E-state index contributed by atoms with van der Waals surface area (Å²) in [6, 6.07) is 0. The monoisotopic (exact) mass is 201 g/mol. The highest BCUT2D eigenvalue weighted by Gasteiger charge is 2.02. The van der Waals surface area contributed by atoms with Gasteiger partial charge >= 0.3 is 0 Å². The smallest absolute Gasteiger partial charge is 0.130 e. The Kier molecular flexibility index (Phi) is 4.88. The van der Waals surface area contributed by atoms with Crippen molar-refractivity contribution in [1.82, 2.24) is 9.97 Å². The second-order valence-electron chi connectivity index (χ2n) is 2.97. The molecule has 0 spiro atoms. The summed E-state index contributed by atoms with van der Waals surface area (Å²) in [6.07, 6.45) is 0.766. The lowest BCUT2D eigenvalue weighted by atomic mass is 10.2. The molecular formula is C9H16ClN3. The fourth-order valence-corrected chi connectivity index (χ4v) is 1.08. The molecule has 0 saturated heterocycles. The fraction of sp³-hybridized carbons (Fsp3) is 0.556. The predicted octanol–water partition coefficient (Wildman–Crippen LogP) is 1.32. The van der Waals surface area contributed by atoms with Crippen LogP contribution in [0.2, 0.25) is 0 Å². The molecule has 0 atom stereocenters. The van der Waals surface area contributed by atoms with E-state index in [0.717, 1.165) is 23.6 Å². The molecule has 1 rings (SSSR count). The van der Waals surface area contributed by atoms with Crippen LogP contribution in [-0.4, -0.2) is 16.5 Å². The summed E-state index contributed by atoms with van der Waals surface area (Å²) >= 11 is 0. The topological polar surface area (TPSA) is 51.8 Å². The molecule has 1 aromatic rings. The van der Waals surface area contributed by atoms with Crippen LogP contribution in [0.5, 0.6) is 0 Å². The molecule has 0 saturated carbocycles. The third-order valence-corrected chi connectivity index (χ3v) is 2.05. The summed E-state index contributed by atoms with van der Waals surface area (Å²) in [6.45, 7) is 6.66. The van der Waals surface area contributed by atoms with Crippen molar-refractivity contribution < 1.29 is 0 Å². The zero-order chi connectivity index (χ0) is 9.14. The highest BCUT2D eigenvalue weighted by Crippen LogP contribution is 2.07. The summed E-state index contributed by atoms with van der Waals surface area (Å²) in [5.41, 5.74) is 8.72. The van der Waals surface area contributed by atoms with Crippen molar-refractivity contribution in [2.75, 3.05) is 6.54 Å². The molecule has 74 valence electrons. The number of aryl methyl sites for hydroxylation is 2.